The molecule has 1 aromatic heterocycles. The van der Waals surface area contributed by atoms with Crippen molar-refractivity contribution in [1.29, 1.82) is 0 Å². The molecule has 2 heterocycles. The van der Waals surface area contributed by atoms with Crippen LogP contribution >= 0.6 is 39.3 Å². The van der Waals surface area contributed by atoms with Crippen molar-refractivity contribution in [3.8, 4) is 5.69 Å². The molecule has 11 heteroatoms. The van der Waals surface area contributed by atoms with Crippen LogP contribution in [0.5, 0.6) is 0 Å². The second-order valence-electron chi connectivity index (χ2n) is 8.20. The lowest BCUT2D eigenvalue weighted by molar-refractivity contribution is -0.116. The lowest BCUT2D eigenvalue weighted by Crippen LogP contribution is -2.30. The van der Waals surface area contributed by atoms with E-state index in [9.17, 15) is 14.0 Å². The summed E-state index contributed by atoms with van der Waals surface area (Å²) in [6.07, 6.45) is 0.831. The molecule has 37 heavy (non-hydrogen) atoms. The zero-order valence-electron chi connectivity index (χ0n) is 19.3. The van der Waals surface area contributed by atoms with Crippen LogP contribution in [0.4, 0.5) is 10.1 Å². The monoisotopic (exact) mass is 599 g/mol. The summed E-state index contributed by atoms with van der Waals surface area (Å²) in [5.74, 6) is -0.808. The molecule has 0 atom stereocenters. The standard InChI is InChI=1S/C26H20BrClFN5O2S/c27-17-8-10-18(11-9-17)34-22(14-30-25(36)24-19(28)5-3-6-20(24)29)31-32-26(34)37-15-23(35)33-13-12-16-4-1-2-7-21(16)33/h1-11H,12-15H2,(H,30,36). The second-order valence-corrected chi connectivity index (χ2v) is 10.5. The van der Waals surface area contributed by atoms with Crippen LogP contribution in [-0.2, 0) is 17.8 Å². The lowest BCUT2D eigenvalue weighted by atomic mass is 10.2. The van der Waals surface area contributed by atoms with Gasteiger partial charge in [-0.1, -0.05) is 63.6 Å². The van der Waals surface area contributed by atoms with Crippen molar-refractivity contribution < 1.29 is 14.0 Å². The van der Waals surface area contributed by atoms with Gasteiger partial charge in [0.05, 0.1) is 22.9 Å². The molecule has 0 spiro atoms. The third kappa shape index (κ3) is 5.41. The van der Waals surface area contributed by atoms with Crippen molar-refractivity contribution in [2.75, 3.05) is 17.2 Å². The molecule has 1 N–H and O–H groups in total. The Labute approximate surface area is 230 Å². The van der Waals surface area contributed by atoms with E-state index in [0.717, 1.165) is 27.8 Å². The number of amides is 2. The van der Waals surface area contributed by atoms with Crippen LogP contribution in [0.2, 0.25) is 5.02 Å². The zero-order chi connectivity index (χ0) is 25.9. The van der Waals surface area contributed by atoms with Crippen molar-refractivity contribution in [2.45, 2.75) is 18.1 Å². The van der Waals surface area contributed by atoms with Crippen molar-refractivity contribution in [2.24, 2.45) is 0 Å². The first-order valence-electron chi connectivity index (χ1n) is 11.4. The Morgan fingerprint density at radius 2 is 1.84 bits per heavy atom. The van der Waals surface area contributed by atoms with Crippen LogP contribution in [-0.4, -0.2) is 38.9 Å². The molecule has 0 fully saturated rings. The van der Waals surface area contributed by atoms with Crippen LogP contribution in [0, 0.1) is 5.82 Å². The molecule has 0 unspecified atom stereocenters. The SMILES string of the molecule is O=C(NCc1nnc(SCC(=O)N2CCc3ccccc32)n1-c1ccc(Br)cc1)c1c(F)cccc1Cl. The highest BCUT2D eigenvalue weighted by molar-refractivity contribution is 9.10. The molecule has 1 aliphatic rings. The number of rotatable bonds is 7. The number of carbonyl (C=O) groups excluding carboxylic acids is 2. The summed E-state index contributed by atoms with van der Waals surface area (Å²) >= 11 is 10.7. The van der Waals surface area contributed by atoms with Gasteiger partial charge in [0.25, 0.3) is 5.91 Å². The predicted octanol–water partition coefficient (Wildman–Crippen LogP) is 5.43. The number of nitrogens with zero attached hydrogens (tertiary/aromatic N) is 4. The van der Waals surface area contributed by atoms with Crippen LogP contribution in [0.25, 0.3) is 5.69 Å². The number of anilines is 1. The predicted molar refractivity (Wildman–Crippen MR) is 145 cm³/mol. The molecule has 0 aliphatic carbocycles. The Morgan fingerprint density at radius 1 is 1.05 bits per heavy atom. The molecule has 4 aromatic rings. The van der Waals surface area contributed by atoms with Crippen LogP contribution in [0.1, 0.15) is 21.7 Å². The molecule has 2 amide bonds. The smallest absolute Gasteiger partial charge is 0.256 e. The number of hydrogen-bond acceptors (Lipinski definition) is 5. The molecule has 1 aliphatic heterocycles. The summed E-state index contributed by atoms with van der Waals surface area (Å²) in [4.78, 5) is 27.5. The minimum absolute atomic E-state index is 0.0186. The normalized spacial score (nSPS) is 12.5. The van der Waals surface area contributed by atoms with E-state index in [1.807, 2.05) is 48.5 Å². The van der Waals surface area contributed by atoms with Gasteiger partial charge in [-0.15, -0.1) is 10.2 Å². The number of nitrogens with one attached hydrogen (secondary N) is 1. The Bertz CT molecular complexity index is 1460. The van der Waals surface area contributed by atoms with Gasteiger partial charge >= 0.3 is 0 Å². The molecular weight excluding hydrogens is 581 g/mol. The highest BCUT2D eigenvalue weighted by Crippen LogP contribution is 2.30. The van der Waals surface area contributed by atoms with E-state index < -0.39 is 11.7 Å². The quantitative estimate of drug-likeness (QED) is 0.286. The lowest BCUT2D eigenvalue weighted by Gasteiger charge is -2.17. The molecule has 0 bridgehead atoms. The van der Waals surface area contributed by atoms with E-state index in [0.29, 0.717) is 17.5 Å². The third-order valence-electron chi connectivity index (χ3n) is 5.90. The Kier molecular flexibility index (Phi) is 7.59. The summed E-state index contributed by atoms with van der Waals surface area (Å²) < 4.78 is 16.9. The van der Waals surface area contributed by atoms with E-state index >= 15 is 0 Å². The average Bonchev–Trinajstić information content (AvgIpc) is 3.51. The number of para-hydroxylation sites is 1. The van der Waals surface area contributed by atoms with Crippen molar-refractivity contribution >= 4 is 56.8 Å². The van der Waals surface area contributed by atoms with E-state index in [2.05, 4.69) is 31.4 Å². The Balaban J connectivity index is 1.36. The Hall–Kier alpha value is -3.21. The van der Waals surface area contributed by atoms with Gasteiger partial charge in [0.2, 0.25) is 5.91 Å². The molecule has 5 rings (SSSR count). The Morgan fingerprint density at radius 3 is 2.62 bits per heavy atom. The van der Waals surface area contributed by atoms with E-state index in [1.54, 1.807) is 9.47 Å². The number of thioether (sulfide) groups is 1. The molecule has 7 nitrogen and oxygen atoms in total. The van der Waals surface area contributed by atoms with Gasteiger partial charge in [-0.25, -0.2) is 4.39 Å². The van der Waals surface area contributed by atoms with Crippen LogP contribution < -0.4 is 10.2 Å². The molecule has 188 valence electrons. The van der Waals surface area contributed by atoms with E-state index in [1.165, 1.54) is 30.0 Å². The molecule has 0 radical (unpaired) electrons. The van der Waals surface area contributed by atoms with Gasteiger partial charge in [0.15, 0.2) is 11.0 Å². The number of benzene rings is 3. The van der Waals surface area contributed by atoms with Gasteiger partial charge < -0.3 is 10.2 Å². The van der Waals surface area contributed by atoms with Gasteiger partial charge in [0, 0.05) is 22.4 Å². The fourth-order valence-corrected chi connectivity index (χ4v) is 5.48. The molecule has 0 saturated heterocycles. The maximum Gasteiger partial charge on any atom is 0.256 e. The summed E-state index contributed by atoms with van der Waals surface area (Å²) in [6, 6.07) is 19.4. The fourth-order valence-electron chi connectivity index (χ4n) is 4.12. The third-order valence-corrected chi connectivity index (χ3v) is 7.65. The first-order valence-corrected chi connectivity index (χ1v) is 13.5. The maximum atomic E-state index is 14.2. The first kappa shape index (κ1) is 25.4. The van der Waals surface area contributed by atoms with Gasteiger partial charge in [0.1, 0.15) is 5.82 Å². The van der Waals surface area contributed by atoms with Gasteiger partial charge in [-0.05, 0) is 54.4 Å². The summed E-state index contributed by atoms with van der Waals surface area (Å²) in [6.45, 7) is 0.620. The van der Waals surface area contributed by atoms with Crippen LogP contribution in [0.3, 0.4) is 0 Å². The average molecular weight is 601 g/mol. The van der Waals surface area contributed by atoms with Gasteiger partial charge in [-0.2, -0.15) is 0 Å². The van der Waals surface area contributed by atoms with E-state index in [-0.39, 0.29) is 28.8 Å². The van der Waals surface area contributed by atoms with Gasteiger partial charge in [-0.3, -0.25) is 14.2 Å². The fraction of sp³-hybridized carbons (Fsp3) is 0.154. The number of aromatic nitrogens is 3. The van der Waals surface area contributed by atoms with E-state index in [4.69, 9.17) is 11.6 Å². The summed E-state index contributed by atoms with van der Waals surface area (Å²) in [5, 5.41) is 11.7. The largest absolute Gasteiger partial charge is 0.345 e. The highest BCUT2D eigenvalue weighted by Gasteiger charge is 2.25. The topological polar surface area (TPSA) is 80.1 Å². The highest BCUT2D eigenvalue weighted by atomic mass is 79.9. The number of hydrogen-bond donors (Lipinski definition) is 1. The maximum absolute atomic E-state index is 14.2. The first-order chi connectivity index (χ1) is 17.9. The number of carbonyl (C=O) groups is 2. The number of fused-ring (bicyclic) bond motifs is 1. The zero-order valence-corrected chi connectivity index (χ0v) is 22.5. The second kappa shape index (κ2) is 11.0. The molecule has 0 saturated carbocycles. The minimum atomic E-state index is -0.711. The van der Waals surface area contributed by atoms with Crippen molar-refractivity contribution in [3.05, 3.63) is 99.0 Å². The van der Waals surface area contributed by atoms with Crippen LogP contribution in [0.15, 0.2) is 76.4 Å². The summed E-state index contributed by atoms with van der Waals surface area (Å²) in [5.41, 5.74) is 2.62. The molecular formula is C26H20BrClFN5O2S. The van der Waals surface area contributed by atoms with Crippen molar-refractivity contribution in [1.82, 2.24) is 20.1 Å². The minimum Gasteiger partial charge on any atom is -0.345 e. The molecule has 3 aromatic carbocycles. The number of halogens is 3. The summed E-state index contributed by atoms with van der Waals surface area (Å²) in [7, 11) is 0. The van der Waals surface area contributed by atoms with Crippen molar-refractivity contribution in [3.63, 3.8) is 0 Å².